The van der Waals surface area contributed by atoms with Crippen LogP contribution in [0.2, 0.25) is 0 Å². The molecule has 0 spiro atoms. The molecule has 0 saturated carbocycles. The highest BCUT2D eigenvalue weighted by atomic mass is 16.8. The van der Waals surface area contributed by atoms with Crippen LogP contribution >= 0.6 is 0 Å². The fourth-order valence-electron chi connectivity index (χ4n) is 8.03. The Morgan fingerprint density at radius 1 is 0.351 bits per heavy atom. The maximum atomic E-state index is 14.1. The lowest BCUT2D eigenvalue weighted by atomic mass is 9.96. The van der Waals surface area contributed by atoms with E-state index in [0.29, 0.717) is 0 Å². The van der Waals surface area contributed by atoms with Crippen LogP contribution in [0.1, 0.15) is 62.1 Å². The van der Waals surface area contributed by atoms with Crippen molar-refractivity contribution in [2.24, 2.45) is 0 Å². The molecule has 0 bridgehead atoms. The van der Waals surface area contributed by atoms with Crippen LogP contribution in [0.4, 0.5) is 0 Å². The molecule has 2 heterocycles. The lowest BCUT2D eigenvalue weighted by molar-refractivity contribution is -0.322. The minimum atomic E-state index is -1.94. The van der Waals surface area contributed by atoms with Crippen LogP contribution in [0.3, 0.4) is 0 Å². The highest BCUT2D eigenvalue weighted by molar-refractivity contribution is 5.93. The third-order valence-electron chi connectivity index (χ3n) is 11.7. The molecule has 0 aromatic heterocycles. The summed E-state index contributed by atoms with van der Waals surface area (Å²) in [5, 5.41) is 0. The monoisotopic (exact) mass is 1010 g/mol. The van der Waals surface area contributed by atoms with Crippen molar-refractivity contribution < 1.29 is 85.7 Å². The number of hydrogen-bond acceptors (Lipinski definition) is 18. The zero-order valence-electron chi connectivity index (χ0n) is 39.6. The summed E-state index contributed by atoms with van der Waals surface area (Å²) >= 11 is 0. The van der Waals surface area contributed by atoms with Crippen LogP contribution in [-0.4, -0.2) is 124 Å². The molecule has 0 radical (unpaired) electrons. The van der Waals surface area contributed by atoms with E-state index in [4.69, 9.17) is 52.1 Å². The summed E-state index contributed by atoms with van der Waals surface area (Å²) in [5.41, 5.74) is 0.339. The average molecular weight is 1010 g/mol. The fourth-order valence-corrected chi connectivity index (χ4v) is 8.03. The van der Waals surface area contributed by atoms with Crippen LogP contribution < -0.4 is 0 Å². The number of ether oxygens (including phenoxy) is 11. The lowest BCUT2D eigenvalue weighted by Crippen LogP contribution is -2.65. The van der Waals surface area contributed by atoms with Crippen LogP contribution in [0, 0.1) is 0 Å². The number of carbonyl (C=O) groups excluding carboxylic acids is 7. The molecule has 18 nitrogen and oxygen atoms in total. The molecule has 2 saturated heterocycles. The van der Waals surface area contributed by atoms with Crippen LogP contribution in [-0.2, 0) is 56.9 Å². The van der Waals surface area contributed by atoms with E-state index in [2.05, 4.69) is 0 Å². The number of carbonyl (C=O) groups is 7. The molecule has 74 heavy (non-hydrogen) atoms. The van der Waals surface area contributed by atoms with Gasteiger partial charge in [0, 0.05) is 7.11 Å². The normalized spacial score (nSPS) is 23.2. The van der Waals surface area contributed by atoms with Crippen molar-refractivity contribution in [2.75, 3.05) is 20.8 Å². The summed E-state index contributed by atoms with van der Waals surface area (Å²) in [4.78, 5) is 97.8. The Balaban J connectivity index is 1.20. The van der Waals surface area contributed by atoms with Crippen LogP contribution in [0.5, 0.6) is 0 Å². The standard InChI is InChI=1S/C56H48O18/c1-64-54(63)45-43(70-50(59)36-25-13-5-14-26-36)44(71-51(60)37-27-15-6-16-28-37)47(73-53(62)39-31-19-8-20-32-39)56(74-45)66-33-40-41(68-48(57)34-21-9-3-10-22-34)42(69-49(58)35-23-11-4-12-24-35)46(55(65-2)67-40)72-52(61)38-29-17-7-18-30-38/h3-32,40-47,55-56H,33H2,1-2H3/t40-,41-,42+,43+,44+,45+,46-,47-,55+,56-/m1/s1. The van der Waals surface area contributed by atoms with Gasteiger partial charge in [-0.05, 0) is 72.8 Å². The van der Waals surface area contributed by atoms with E-state index in [0.717, 1.165) is 7.11 Å². The summed E-state index contributed by atoms with van der Waals surface area (Å²) in [7, 11) is 2.26. The Kier molecular flexibility index (Phi) is 17.3. The predicted molar refractivity (Wildman–Crippen MR) is 256 cm³/mol. The van der Waals surface area contributed by atoms with Crippen molar-refractivity contribution in [1.82, 2.24) is 0 Å². The Hall–Kier alpha value is -8.55. The summed E-state index contributed by atoms with van der Waals surface area (Å²) in [6.07, 6.45) is -17.7. The van der Waals surface area contributed by atoms with Crippen LogP contribution in [0.25, 0.3) is 0 Å². The first-order valence-corrected chi connectivity index (χ1v) is 23.1. The van der Waals surface area contributed by atoms with Gasteiger partial charge < -0.3 is 52.1 Å². The summed E-state index contributed by atoms with van der Waals surface area (Å²) < 4.78 is 66.3. The molecule has 0 unspecified atom stereocenters. The summed E-state index contributed by atoms with van der Waals surface area (Å²) in [5.74, 6) is -6.82. The molecular formula is C56H48O18. The van der Waals surface area contributed by atoms with Gasteiger partial charge in [-0.3, -0.25) is 0 Å². The first-order valence-electron chi connectivity index (χ1n) is 23.1. The molecule has 6 aromatic carbocycles. The van der Waals surface area contributed by atoms with E-state index in [1.54, 1.807) is 109 Å². The van der Waals surface area contributed by atoms with E-state index < -0.39 is 110 Å². The number of methoxy groups -OCH3 is 2. The van der Waals surface area contributed by atoms with Gasteiger partial charge in [0.1, 0.15) is 6.10 Å². The molecule has 0 N–H and O–H groups in total. The maximum absolute atomic E-state index is 14.1. The van der Waals surface area contributed by atoms with Gasteiger partial charge in [0.05, 0.1) is 47.1 Å². The predicted octanol–water partition coefficient (Wildman–Crippen LogP) is 6.63. The minimum Gasteiger partial charge on any atom is -0.467 e. The second-order valence-electron chi connectivity index (χ2n) is 16.5. The van der Waals surface area contributed by atoms with Crippen LogP contribution in [0.15, 0.2) is 182 Å². The van der Waals surface area contributed by atoms with Gasteiger partial charge in [-0.2, -0.15) is 0 Å². The van der Waals surface area contributed by atoms with Gasteiger partial charge in [0.2, 0.25) is 0 Å². The molecule has 2 aliphatic heterocycles. The Labute approximate surface area is 423 Å². The molecule has 18 heteroatoms. The van der Waals surface area contributed by atoms with Crippen molar-refractivity contribution in [2.45, 2.75) is 61.4 Å². The highest BCUT2D eigenvalue weighted by Gasteiger charge is 2.58. The van der Waals surface area contributed by atoms with E-state index >= 15 is 0 Å². The second-order valence-corrected chi connectivity index (χ2v) is 16.5. The van der Waals surface area contributed by atoms with Crippen molar-refractivity contribution in [3.8, 4) is 0 Å². The van der Waals surface area contributed by atoms with E-state index in [9.17, 15) is 33.6 Å². The molecule has 2 aliphatic rings. The molecule has 2 fully saturated rings. The quantitative estimate of drug-likeness (QED) is 0.0691. The SMILES string of the molecule is COC(=O)[C@H]1O[C@@H](OC[C@H]2O[C@H](OC)[C@H](OC(=O)c3ccccc3)[C@@H](OC(=O)c3ccccc3)[C@@H]2OC(=O)c2ccccc2)[C@H](OC(=O)c2ccccc2)[C@@H](OC(=O)c2ccccc2)[C@@H]1OC(=O)c1ccccc1. The van der Waals surface area contributed by atoms with Gasteiger partial charge in [-0.15, -0.1) is 0 Å². The number of benzene rings is 6. The molecule has 10 atom stereocenters. The fraction of sp³-hybridized carbons (Fsp3) is 0.232. The van der Waals surface area contributed by atoms with Gasteiger partial charge in [0.15, 0.2) is 55.3 Å². The van der Waals surface area contributed by atoms with E-state index in [1.165, 1.54) is 79.9 Å². The number of rotatable bonds is 17. The topological polar surface area (TPSA) is 221 Å². The number of esters is 7. The van der Waals surface area contributed by atoms with E-state index in [1.807, 2.05) is 0 Å². The largest absolute Gasteiger partial charge is 0.467 e. The minimum absolute atomic E-state index is 0.0234. The molecule has 0 aliphatic carbocycles. The van der Waals surface area contributed by atoms with Crippen molar-refractivity contribution in [3.05, 3.63) is 215 Å². The zero-order chi connectivity index (χ0) is 52.0. The molecule has 8 rings (SSSR count). The van der Waals surface area contributed by atoms with E-state index in [-0.39, 0.29) is 33.4 Å². The molecule has 380 valence electrons. The first kappa shape index (κ1) is 51.8. The molecule has 0 amide bonds. The third-order valence-corrected chi connectivity index (χ3v) is 11.7. The lowest BCUT2D eigenvalue weighted by Gasteiger charge is -2.46. The van der Waals surface area contributed by atoms with Crippen molar-refractivity contribution in [3.63, 3.8) is 0 Å². The second kappa shape index (κ2) is 24.7. The first-order chi connectivity index (χ1) is 36.0. The van der Waals surface area contributed by atoms with Crippen molar-refractivity contribution >= 4 is 41.8 Å². The van der Waals surface area contributed by atoms with Gasteiger partial charge >= 0.3 is 41.8 Å². The zero-order valence-corrected chi connectivity index (χ0v) is 39.6. The van der Waals surface area contributed by atoms with Gasteiger partial charge in [-0.25, -0.2) is 33.6 Å². The summed E-state index contributed by atoms with van der Waals surface area (Å²) in [6, 6.07) is 46.6. The van der Waals surface area contributed by atoms with Crippen molar-refractivity contribution in [1.29, 1.82) is 0 Å². The number of hydrogen-bond donors (Lipinski definition) is 0. The average Bonchev–Trinajstić information content (AvgIpc) is 3.45. The maximum Gasteiger partial charge on any atom is 0.339 e. The van der Waals surface area contributed by atoms with Gasteiger partial charge in [-0.1, -0.05) is 109 Å². The summed E-state index contributed by atoms with van der Waals surface area (Å²) in [6.45, 7) is -0.753. The van der Waals surface area contributed by atoms with Gasteiger partial charge in [0.25, 0.3) is 0 Å². The Bertz CT molecular complexity index is 2850. The smallest absolute Gasteiger partial charge is 0.339 e. The molecule has 6 aromatic rings. The Morgan fingerprint density at radius 2 is 0.635 bits per heavy atom. The highest BCUT2D eigenvalue weighted by Crippen LogP contribution is 2.35. The third kappa shape index (κ3) is 12.5. The Morgan fingerprint density at radius 3 is 0.959 bits per heavy atom. The molecular weight excluding hydrogens is 961 g/mol.